The molecule has 1 aromatic carbocycles. The van der Waals surface area contributed by atoms with Crippen LogP contribution in [-0.4, -0.2) is 5.78 Å². The monoisotopic (exact) mass is 276 g/mol. The van der Waals surface area contributed by atoms with Gasteiger partial charge in [0.25, 0.3) is 5.70 Å². The Morgan fingerprint density at radius 3 is 2.44 bits per heavy atom. The summed E-state index contributed by atoms with van der Waals surface area (Å²) in [5, 5.41) is 9.54. The maximum absolute atomic E-state index is 12.1. The lowest BCUT2D eigenvalue weighted by Crippen LogP contribution is -2.03. The second kappa shape index (κ2) is 4.46. The second-order valence-electron chi connectivity index (χ2n) is 3.88. The van der Waals surface area contributed by atoms with Crippen molar-refractivity contribution in [1.29, 1.82) is 5.26 Å². The second-order valence-corrected chi connectivity index (χ2v) is 4.70. The number of carbonyl (C=O) groups is 1. The molecule has 1 aliphatic carbocycles. The molecule has 0 saturated heterocycles. The average molecular weight is 277 g/mol. The number of allylic oxidation sites excluding steroid dienone is 2. The smallest absolute Gasteiger partial charge is 0.266 e. The SMILES string of the molecule is [C-]#[N+]/C(C#N)=C1/c2cc(Cl)c(Cl)cc2C(=O)C1C. The molecule has 0 aliphatic heterocycles. The summed E-state index contributed by atoms with van der Waals surface area (Å²) in [4.78, 5) is 15.2. The highest BCUT2D eigenvalue weighted by molar-refractivity contribution is 6.42. The molecule has 0 bridgehead atoms. The highest BCUT2D eigenvalue weighted by Crippen LogP contribution is 2.42. The molecule has 0 aromatic heterocycles. The third kappa shape index (κ3) is 1.69. The van der Waals surface area contributed by atoms with Gasteiger partial charge in [0, 0.05) is 11.5 Å². The van der Waals surface area contributed by atoms with Crippen LogP contribution in [-0.2, 0) is 0 Å². The first-order valence-corrected chi connectivity index (χ1v) is 5.82. The van der Waals surface area contributed by atoms with Crippen molar-refractivity contribution in [3.63, 3.8) is 0 Å². The Morgan fingerprint density at radius 1 is 1.39 bits per heavy atom. The van der Waals surface area contributed by atoms with Crippen molar-refractivity contribution in [2.45, 2.75) is 6.92 Å². The van der Waals surface area contributed by atoms with Gasteiger partial charge in [0.1, 0.15) is 0 Å². The first kappa shape index (κ1) is 12.6. The van der Waals surface area contributed by atoms with Gasteiger partial charge in [-0.3, -0.25) is 4.79 Å². The van der Waals surface area contributed by atoms with E-state index in [1.807, 2.05) is 6.07 Å². The molecule has 1 unspecified atom stereocenters. The number of ketones is 1. The van der Waals surface area contributed by atoms with E-state index in [4.69, 9.17) is 35.0 Å². The molecule has 18 heavy (non-hydrogen) atoms. The van der Waals surface area contributed by atoms with Crippen LogP contribution in [0.2, 0.25) is 10.0 Å². The molecule has 5 heteroatoms. The molecular weight excluding hydrogens is 271 g/mol. The molecule has 3 nitrogen and oxygen atoms in total. The quantitative estimate of drug-likeness (QED) is 0.532. The number of fused-ring (bicyclic) bond motifs is 1. The number of rotatable bonds is 0. The molecule has 88 valence electrons. The Morgan fingerprint density at radius 2 is 1.94 bits per heavy atom. The Kier molecular flexibility index (Phi) is 3.13. The van der Waals surface area contributed by atoms with Gasteiger partial charge in [0.2, 0.25) is 0 Å². The van der Waals surface area contributed by atoms with Crippen molar-refractivity contribution in [1.82, 2.24) is 0 Å². The van der Waals surface area contributed by atoms with E-state index in [0.29, 0.717) is 26.7 Å². The predicted molar refractivity (Wildman–Crippen MR) is 69.1 cm³/mol. The van der Waals surface area contributed by atoms with E-state index in [1.54, 1.807) is 13.0 Å². The van der Waals surface area contributed by atoms with Crippen LogP contribution in [0.5, 0.6) is 0 Å². The summed E-state index contributed by atoms with van der Waals surface area (Å²) in [6.45, 7) is 8.66. The van der Waals surface area contributed by atoms with E-state index in [2.05, 4.69) is 4.85 Å². The molecule has 1 atom stereocenters. The van der Waals surface area contributed by atoms with E-state index in [9.17, 15) is 4.79 Å². The van der Waals surface area contributed by atoms with E-state index >= 15 is 0 Å². The summed E-state index contributed by atoms with van der Waals surface area (Å²) >= 11 is 11.8. The lowest BCUT2D eigenvalue weighted by atomic mass is 9.99. The van der Waals surface area contributed by atoms with Crippen LogP contribution in [0.4, 0.5) is 0 Å². The lowest BCUT2D eigenvalue weighted by molar-refractivity contribution is 0.0965. The summed E-state index contributed by atoms with van der Waals surface area (Å²) in [7, 11) is 0. The first-order valence-electron chi connectivity index (χ1n) is 5.06. The van der Waals surface area contributed by atoms with Crippen molar-refractivity contribution < 1.29 is 4.79 Å². The van der Waals surface area contributed by atoms with Crippen molar-refractivity contribution in [3.8, 4) is 6.07 Å². The van der Waals surface area contributed by atoms with Gasteiger partial charge >= 0.3 is 0 Å². The Bertz CT molecular complexity index is 661. The molecule has 0 amide bonds. The molecule has 0 fully saturated rings. The number of Topliss-reactive ketones (excluding diaryl/α,β-unsaturated/α-hetero) is 1. The number of carbonyl (C=O) groups excluding carboxylic acids is 1. The van der Waals surface area contributed by atoms with Gasteiger partial charge in [-0.05, 0) is 23.3 Å². The minimum Gasteiger partial charge on any atom is -0.294 e. The van der Waals surface area contributed by atoms with Gasteiger partial charge in [-0.2, -0.15) is 0 Å². The zero-order chi connectivity index (χ0) is 13.4. The summed E-state index contributed by atoms with van der Waals surface area (Å²) in [6.07, 6.45) is 0. The van der Waals surface area contributed by atoms with Crippen LogP contribution in [0.1, 0.15) is 22.8 Å². The number of hydrogen-bond donors (Lipinski definition) is 0. The number of hydrogen-bond acceptors (Lipinski definition) is 2. The van der Waals surface area contributed by atoms with Crippen LogP contribution in [0, 0.1) is 23.8 Å². The van der Waals surface area contributed by atoms with Crippen molar-refractivity contribution >= 4 is 34.6 Å². The summed E-state index contributed by atoms with van der Waals surface area (Å²) < 4.78 is 0. The average Bonchev–Trinajstić information content (AvgIpc) is 2.57. The largest absolute Gasteiger partial charge is 0.294 e. The van der Waals surface area contributed by atoms with Gasteiger partial charge < -0.3 is 0 Å². The van der Waals surface area contributed by atoms with E-state index in [-0.39, 0.29) is 11.5 Å². The molecule has 0 radical (unpaired) electrons. The van der Waals surface area contributed by atoms with Crippen LogP contribution < -0.4 is 0 Å². The maximum atomic E-state index is 12.1. The first-order chi connectivity index (χ1) is 8.51. The van der Waals surface area contributed by atoms with Gasteiger partial charge in [-0.1, -0.05) is 30.1 Å². The van der Waals surface area contributed by atoms with Crippen LogP contribution in [0.15, 0.2) is 17.8 Å². The minimum atomic E-state index is -0.515. The topological polar surface area (TPSA) is 45.2 Å². The van der Waals surface area contributed by atoms with Gasteiger partial charge in [0.15, 0.2) is 5.78 Å². The number of nitrogens with zero attached hydrogens (tertiary/aromatic N) is 2. The van der Waals surface area contributed by atoms with Gasteiger partial charge in [-0.25, -0.2) is 10.1 Å². The van der Waals surface area contributed by atoms with Crippen LogP contribution in [0.25, 0.3) is 10.4 Å². The zero-order valence-corrected chi connectivity index (χ0v) is 10.8. The molecular formula is C13H6Cl2N2O. The number of benzene rings is 1. The molecule has 0 saturated carbocycles. The predicted octanol–water partition coefficient (Wildman–Crippen LogP) is 3.98. The van der Waals surface area contributed by atoms with Crippen LogP contribution in [0.3, 0.4) is 0 Å². The fourth-order valence-electron chi connectivity index (χ4n) is 2.05. The van der Waals surface area contributed by atoms with Gasteiger partial charge in [0.05, 0.1) is 22.7 Å². The minimum absolute atomic E-state index is 0.0759. The summed E-state index contributed by atoms with van der Waals surface area (Å²) in [6, 6.07) is 4.85. The van der Waals surface area contributed by atoms with Crippen LogP contribution >= 0.6 is 23.2 Å². The van der Waals surface area contributed by atoms with Crippen molar-refractivity contribution in [2.24, 2.45) is 5.92 Å². The van der Waals surface area contributed by atoms with Crippen molar-refractivity contribution in [3.05, 3.63) is 50.4 Å². The fourth-order valence-corrected chi connectivity index (χ4v) is 2.38. The number of halogens is 2. The molecule has 0 heterocycles. The van der Waals surface area contributed by atoms with E-state index in [1.165, 1.54) is 6.07 Å². The highest BCUT2D eigenvalue weighted by Gasteiger charge is 2.34. The third-order valence-electron chi connectivity index (χ3n) is 2.92. The Hall–Kier alpha value is -1.81. The maximum Gasteiger partial charge on any atom is 0.266 e. The van der Waals surface area contributed by atoms with Gasteiger partial charge in [-0.15, -0.1) is 0 Å². The normalized spacial score (nSPS) is 20.1. The number of nitriles is 1. The standard InChI is InChI=1S/C13H6Cl2N2O/c1-6-12(11(5-16)17-2)7-3-9(14)10(15)4-8(7)13(6)18/h3-4,6H,1H3/b12-11+. The molecule has 0 N–H and O–H groups in total. The van der Waals surface area contributed by atoms with Crippen molar-refractivity contribution in [2.75, 3.05) is 0 Å². The van der Waals surface area contributed by atoms with E-state index in [0.717, 1.165) is 0 Å². The lowest BCUT2D eigenvalue weighted by Gasteiger charge is -2.05. The molecule has 2 rings (SSSR count). The summed E-state index contributed by atoms with van der Waals surface area (Å²) in [5.41, 5.74) is 1.32. The Balaban J connectivity index is 2.83. The van der Waals surface area contributed by atoms with E-state index < -0.39 is 5.92 Å². The molecule has 0 spiro atoms. The zero-order valence-electron chi connectivity index (χ0n) is 9.29. The summed E-state index contributed by atoms with van der Waals surface area (Å²) in [5.74, 6) is -0.659. The molecule has 1 aliphatic rings. The Labute approximate surface area is 114 Å². The fraction of sp³-hybridized carbons (Fsp3) is 0.154. The third-order valence-corrected chi connectivity index (χ3v) is 3.64. The molecule has 1 aromatic rings. The highest BCUT2D eigenvalue weighted by atomic mass is 35.5.